The van der Waals surface area contributed by atoms with Crippen molar-refractivity contribution in [3.05, 3.63) is 53.9 Å². The molecule has 4 rings (SSSR count). The van der Waals surface area contributed by atoms with Gasteiger partial charge in [0.1, 0.15) is 6.54 Å². The summed E-state index contributed by atoms with van der Waals surface area (Å²) in [5.41, 5.74) is 3.00. The summed E-state index contributed by atoms with van der Waals surface area (Å²) < 4.78 is 1.72. The van der Waals surface area contributed by atoms with E-state index < -0.39 is 0 Å². The van der Waals surface area contributed by atoms with Crippen LogP contribution in [0.25, 0.3) is 0 Å². The number of hydrogen-bond donors (Lipinski definition) is 0. The summed E-state index contributed by atoms with van der Waals surface area (Å²) in [5, 5.41) is 4.16. The van der Waals surface area contributed by atoms with Crippen LogP contribution in [0.3, 0.4) is 0 Å². The van der Waals surface area contributed by atoms with E-state index >= 15 is 0 Å². The van der Waals surface area contributed by atoms with E-state index in [2.05, 4.69) is 46.1 Å². The maximum absolute atomic E-state index is 12.6. The zero-order valence-corrected chi connectivity index (χ0v) is 15.6. The Labute approximate surface area is 155 Å². The molecule has 2 fully saturated rings. The molecule has 1 unspecified atom stereocenters. The summed E-state index contributed by atoms with van der Waals surface area (Å²) in [7, 11) is 0. The molecule has 2 saturated heterocycles. The summed E-state index contributed by atoms with van der Waals surface area (Å²) in [4.78, 5) is 17.2. The van der Waals surface area contributed by atoms with Gasteiger partial charge in [-0.3, -0.25) is 14.4 Å². The van der Waals surface area contributed by atoms with Crippen molar-refractivity contribution >= 4 is 5.91 Å². The van der Waals surface area contributed by atoms with Crippen LogP contribution in [0, 0.1) is 12.3 Å². The van der Waals surface area contributed by atoms with Gasteiger partial charge in [-0.15, -0.1) is 0 Å². The van der Waals surface area contributed by atoms with Gasteiger partial charge in [-0.1, -0.05) is 29.8 Å². The maximum atomic E-state index is 12.6. The van der Waals surface area contributed by atoms with E-state index in [1.807, 2.05) is 12.3 Å². The van der Waals surface area contributed by atoms with E-state index in [9.17, 15) is 4.79 Å². The van der Waals surface area contributed by atoms with Gasteiger partial charge >= 0.3 is 0 Å². The first-order valence-corrected chi connectivity index (χ1v) is 9.65. The molecule has 138 valence electrons. The largest absolute Gasteiger partial charge is 0.340 e. The number of amides is 1. The van der Waals surface area contributed by atoms with Crippen LogP contribution >= 0.6 is 0 Å². The molecule has 0 radical (unpaired) electrons. The molecule has 2 aliphatic heterocycles. The normalized spacial score (nSPS) is 23.7. The van der Waals surface area contributed by atoms with Crippen molar-refractivity contribution in [3.63, 3.8) is 0 Å². The van der Waals surface area contributed by atoms with Gasteiger partial charge in [0, 0.05) is 44.0 Å². The second-order valence-electron chi connectivity index (χ2n) is 8.07. The predicted molar refractivity (Wildman–Crippen MR) is 102 cm³/mol. The number of nitrogens with zero attached hydrogens (tertiary/aromatic N) is 4. The van der Waals surface area contributed by atoms with Gasteiger partial charge in [-0.05, 0) is 44.4 Å². The molecule has 1 atom stereocenters. The molecule has 5 nitrogen and oxygen atoms in total. The van der Waals surface area contributed by atoms with Crippen molar-refractivity contribution in [1.29, 1.82) is 0 Å². The van der Waals surface area contributed by atoms with Gasteiger partial charge in [0.2, 0.25) is 5.91 Å². The number of hydrogen-bond acceptors (Lipinski definition) is 3. The first-order chi connectivity index (χ1) is 12.6. The third-order valence-electron chi connectivity index (χ3n) is 5.88. The Kier molecular flexibility index (Phi) is 4.81. The monoisotopic (exact) mass is 352 g/mol. The van der Waals surface area contributed by atoms with Crippen LogP contribution in [0.1, 0.15) is 30.4 Å². The molecule has 2 aliphatic rings. The van der Waals surface area contributed by atoms with Gasteiger partial charge < -0.3 is 4.90 Å². The van der Waals surface area contributed by atoms with Crippen LogP contribution in [-0.4, -0.2) is 51.7 Å². The summed E-state index contributed by atoms with van der Waals surface area (Å²) >= 11 is 0. The lowest BCUT2D eigenvalue weighted by Crippen LogP contribution is -2.45. The third kappa shape index (κ3) is 3.83. The number of piperidine rings is 1. The van der Waals surface area contributed by atoms with Crippen molar-refractivity contribution < 1.29 is 4.79 Å². The Bertz CT molecular complexity index is 757. The summed E-state index contributed by atoms with van der Waals surface area (Å²) in [5.74, 6) is 0.196. The minimum atomic E-state index is 0.196. The predicted octanol–water partition coefficient (Wildman–Crippen LogP) is 2.71. The molecule has 1 spiro atoms. The molecule has 0 N–H and O–H groups in total. The van der Waals surface area contributed by atoms with Crippen LogP contribution in [-0.2, 0) is 17.9 Å². The quantitative estimate of drug-likeness (QED) is 0.850. The van der Waals surface area contributed by atoms with Crippen LogP contribution in [0.2, 0.25) is 0 Å². The van der Waals surface area contributed by atoms with Crippen molar-refractivity contribution in [3.8, 4) is 0 Å². The first-order valence-electron chi connectivity index (χ1n) is 9.65. The lowest BCUT2D eigenvalue weighted by molar-refractivity contribution is -0.131. The van der Waals surface area contributed by atoms with Gasteiger partial charge in [-0.25, -0.2) is 0 Å². The van der Waals surface area contributed by atoms with Crippen LogP contribution < -0.4 is 0 Å². The summed E-state index contributed by atoms with van der Waals surface area (Å²) in [6.45, 7) is 7.58. The average Bonchev–Trinajstić information content (AvgIpc) is 3.25. The molecule has 0 aliphatic carbocycles. The average molecular weight is 352 g/mol. The van der Waals surface area contributed by atoms with Crippen LogP contribution in [0.15, 0.2) is 42.7 Å². The van der Waals surface area contributed by atoms with E-state index in [4.69, 9.17) is 0 Å². The Morgan fingerprint density at radius 2 is 2.12 bits per heavy atom. The van der Waals surface area contributed by atoms with Crippen LogP contribution in [0.4, 0.5) is 0 Å². The van der Waals surface area contributed by atoms with Gasteiger partial charge in [0.05, 0.1) is 0 Å². The molecule has 1 aromatic heterocycles. The summed E-state index contributed by atoms with van der Waals surface area (Å²) in [6, 6.07) is 10.7. The molecule has 3 heterocycles. The van der Waals surface area contributed by atoms with E-state index in [-0.39, 0.29) is 11.3 Å². The minimum absolute atomic E-state index is 0.196. The Hall–Kier alpha value is -2.14. The molecule has 26 heavy (non-hydrogen) atoms. The van der Waals surface area contributed by atoms with Crippen molar-refractivity contribution in [2.75, 3.05) is 26.2 Å². The number of benzene rings is 1. The fourth-order valence-electron chi connectivity index (χ4n) is 4.63. The number of rotatable bonds is 4. The van der Waals surface area contributed by atoms with Gasteiger partial charge in [0.25, 0.3) is 0 Å². The highest BCUT2D eigenvalue weighted by atomic mass is 16.2. The number of aryl methyl sites for hydroxylation is 1. The maximum Gasteiger partial charge on any atom is 0.244 e. The van der Waals surface area contributed by atoms with Gasteiger partial charge in [-0.2, -0.15) is 5.10 Å². The lowest BCUT2D eigenvalue weighted by atomic mass is 9.79. The Morgan fingerprint density at radius 1 is 1.19 bits per heavy atom. The topological polar surface area (TPSA) is 41.4 Å². The smallest absolute Gasteiger partial charge is 0.244 e. The number of aromatic nitrogens is 2. The number of likely N-dealkylation sites (tertiary alicyclic amines) is 2. The zero-order chi connectivity index (χ0) is 18.0. The zero-order valence-electron chi connectivity index (χ0n) is 15.6. The fraction of sp³-hybridized carbons (Fsp3) is 0.524. The molecular weight excluding hydrogens is 324 g/mol. The van der Waals surface area contributed by atoms with E-state index in [1.165, 1.54) is 24.0 Å². The highest BCUT2D eigenvalue weighted by Crippen LogP contribution is 2.39. The molecule has 2 aromatic rings. The minimum Gasteiger partial charge on any atom is -0.340 e. The highest BCUT2D eigenvalue weighted by molar-refractivity contribution is 5.76. The SMILES string of the molecule is Cc1cccc(CN2CCCC3(CCN(C(=O)Cn4cccn4)C3)C2)c1. The third-order valence-corrected chi connectivity index (χ3v) is 5.88. The van der Waals surface area contributed by atoms with Gasteiger partial charge in [0.15, 0.2) is 0 Å². The second kappa shape index (κ2) is 7.23. The second-order valence-corrected chi connectivity index (χ2v) is 8.07. The summed E-state index contributed by atoms with van der Waals surface area (Å²) in [6.07, 6.45) is 7.18. The van der Waals surface area contributed by atoms with E-state index in [1.54, 1.807) is 10.9 Å². The Balaban J connectivity index is 1.37. The number of carbonyl (C=O) groups excluding carboxylic acids is 1. The van der Waals surface area contributed by atoms with Crippen molar-refractivity contribution in [2.24, 2.45) is 5.41 Å². The first kappa shape index (κ1) is 17.3. The van der Waals surface area contributed by atoms with Crippen molar-refractivity contribution in [2.45, 2.75) is 39.3 Å². The van der Waals surface area contributed by atoms with E-state index in [0.29, 0.717) is 6.54 Å². The molecular formula is C21H28N4O. The van der Waals surface area contributed by atoms with Crippen molar-refractivity contribution in [1.82, 2.24) is 19.6 Å². The lowest BCUT2D eigenvalue weighted by Gasteiger charge is -2.40. The molecule has 1 amide bonds. The molecule has 0 saturated carbocycles. The highest BCUT2D eigenvalue weighted by Gasteiger charge is 2.42. The molecule has 5 heteroatoms. The van der Waals surface area contributed by atoms with Crippen LogP contribution in [0.5, 0.6) is 0 Å². The Morgan fingerprint density at radius 3 is 2.92 bits per heavy atom. The molecule has 1 aromatic carbocycles. The van der Waals surface area contributed by atoms with E-state index in [0.717, 1.165) is 39.1 Å². The number of carbonyl (C=O) groups is 1. The molecule has 0 bridgehead atoms. The standard InChI is InChI=1S/C21H28N4O/c1-18-5-2-6-19(13-18)14-23-10-3-7-21(16-23)8-12-24(17-21)20(26)15-25-11-4-9-22-25/h2,4-6,9,11,13H,3,7-8,10,12,14-17H2,1H3. The fourth-order valence-corrected chi connectivity index (χ4v) is 4.63.